The van der Waals surface area contributed by atoms with Crippen LogP contribution in [0, 0.1) is 11.7 Å². The highest BCUT2D eigenvalue weighted by Crippen LogP contribution is 2.15. The van der Waals surface area contributed by atoms with Gasteiger partial charge in [0.2, 0.25) is 5.91 Å². The maximum atomic E-state index is 13.3. The third-order valence-electron chi connectivity index (χ3n) is 2.95. The fourth-order valence-corrected chi connectivity index (χ4v) is 1.91. The number of halogens is 1. The summed E-state index contributed by atoms with van der Waals surface area (Å²) in [6, 6.07) is 5.30. The molecule has 0 aromatic heterocycles. The van der Waals surface area contributed by atoms with Crippen molar-refractivity contribution < 1.29 is 23.5 Å². The number of methoxy groups -OCH3 is 1. The molecule has 0 aliphatic rings. The molecule has 1 atom stereocenters. The number of esters is 1. The summed E-state index contributed by atoms with van der Waals surface area (Å²) < 4.78 is 23.2. The molecule has 1 unspecified atom stereocenters. The van der Waals surface area contributed by atoms with Crippen LogP contribution in [-0.2, 0) is 14.3 Å². The zero-order chi connectivity index (χ0) is 16.5. The van der Waals surface area contributed by atoms with Gasteiger partial charge in [0.15, 0.2) is 11.6 Å². The number of rotatable bonds is 8. The standard InChI is InChI=1S/C16H22FNO4/c1-11(2)10-13(16(20)21-3)18-15(19)8-9-22-14-7-5-4-6-12(14)17/h4-7,11,13H,8-10H2,1-3H3,(H,18,19). The Labute approximate surface area is 129 Å². The predicted octanol–water partition coefficient (Wildman–Crippen LogP) is 2.30. The van der Waals surface area contributed by atoms with Gasteiger partial charge in [0.1, 0.15) is 6.04 Å². The van der Waals surface area contributed by atoms with Gasteiger partial charge in [0.25, 0.3) is 0 Å². The van der Waals surface area contributed by atoms with Crippen LogP contribution in [0.2, 0.25) is 0 Å². The van der Waals surface area contributed by atoms with Crippen LogP contribution in [-0.4, -0.2) is 31.6 Å². The van der Waals surface area contributed by atoms with Gasteiger partial charge in [0.05, 0.1) is 20.1 Å². The van der Waals surface area contributed by atoms with Crippen molar-refractivity contribution in [3.63, 3.8) is 0 Å². The topological polar surface area (TPSA) is 64.6 Å². The average Bonchev–Trinajstić information content (AvgIpc) is 2.47. The van der Waals surface area contributed by atoms with Gasteiger partial charge in [-0.05, 0) is 24.5 Å². The van der Waals surface area contributed by atoms with Gasteiger partial charge >= 0.3 is 5.97 Å². The van der Waals surface area contributed by atoms with Gasteiger partial charge in [0, 0.05) is 0 Å². The summed E-state index contributed by atoms with van der Waals surface area (Å²) in [4.78, 5) is 23.4. The van der Waals surface area contributed by atoms with E-state index in [1.807, 2.05) is 13.8 Å². The monoisotopic (exact) mass is 311 g/mol. The lowest BCUT2D eigenvalue weighted by molar-refractivity contribution is -0.145. The van der Waals surface area contributed by atoms with E-state index in [-0.39, 0.29) is 30.6 Å². The van der Waals surface area contributed by atoms with Crippen molar-refractivity contribution in [2.45, 2.75) is 32.7 Å². The van der Waals surface area contributed by atoms with Crippen molar-refractivity contribution in [2.24, 2.45) is 5.92 Å². The molecule has 0 aliphatic carbocycles. The van der Waals surface area contributed by atoms with Gasteiger partial charge in [-0.3, -0.25) is 4.79 Å². The molecule has 1 aromatic rings. The fraction of sp³-hybridized carbons (Fsp3) is 0.500. The zero-order valence-electron chi connectivity index (χ0n) is 13.1. The van der Waals surface area contributed by atoms with Gasteiger partial charge in [-0.25, -0.2) is 9.18 Å². The molecule has 5 nitrogen and oxygen atoms in total. The van der Waals surface area contributed by atoms with Crippen molar-refractivity contribution >= 4 is 11.9 Å². The second-order valence-electron chi connectivity index (χ2n) is 5.30. The normalized spacial score (nSPS) is 11.9. The molecule has 6 heteroatoms. The lowest BCUT2D eigenvalue weighted by Gasteiger charge is -2.18. The van der Waals surface area contributed by atoms with Gasteiger partial charge in [-0.15, -0.1) is 0 Å². The van der Waals surface area contributed by atoms with Crippen LogP contribution >= 0.6 is 0 Å². The molecule has 0 saturated carbocycles. The first-order valence-corrected chi connectivity index (χ1v) is 7.18. The molecular weight excluding hydrogens is 289 g/mol. The van der Waals surface area contributed by atoms with Gasteiger partial charge in [-0.1, -0.05) is 26.0 Å². The molecule has 1 aromatic carbocycles. The lowest BCUT2D eigenvalue weighted by Crippen LogP contribution is -2.42. The number of benzene rings is 1. The summed E-state index contributed by atoms with van der Waals surface area (Å²) in [5.41, 5.74) is 0. The second kappa shape index (κ2) is 9.02. The molecule has 0 fully saturated rings. The van der Waals surface area contributed by atoms with Gasteiger partial charge < -0.3 is 14.8 Å². The van der Waals surface area contributed by atoms with Crippen molar-refractivity contribution in [3.8, 4) is 5.75 Å². The number of amides is 1. The Balaban J connectivity index is 2.43. The Kier molecular flexibility index (Phi) is 7.36. The number of ether oxygens (including phenoxy) is 2. The van der Waals surface area contributed by atoms with Crippen LogP contribution in [0.4, 0.5) is 4.39 Å². The minimum atomic E-state index is -0.675. The highest BCUT2D eigenvalue weighted by molar-refractivity contribution is 5.84. The first kappa shape index (κ1) is 17.9. The molecule has 0 spiro atoms. The molecule has 0 saturated heterocycles. The number of carbonyl (C=O) groups excluding carboxylic acids is 2. The Bertz CT molecular complexity index is 505. The van der Waals surface area contributed by atoms with E-state index < -0.39 is 17.8 Å². The fourth-order valence-electron chi connectivity index (χ4n) is 1.91. The molecule has 0 radical (unpaired) electrons. The third kappa shape index (κ3) is 6.11. The van der Waals surface area contributed by atoms with E-state index in [4.69, 9.17) is 4.74 Å². The highest BCUT2D eigenvalue weighted by atomic mass is 19.1. The molecule has 22 heavy (non-hydrogen) atoms. The summed E-state index contributed by atoms with van der Waals surface area (Å²) in [6.07, 6.45) is 0.520. The molecule has 0 heterocycles. The smallest absolute Gasteiger partial charge is 0.328 e. The van der Waals surface area contributed by atoms with E-state index in [0.717, 1.165) is 0 Å². The largest absolute Gasteiger partial charge is 0.490 e. The van der Waals surface area contributed by atoms with E-state index in [9.17, 15) is 14.0 Å². The van der Waals surface area contributed by atoms with Crippen molar-refractivity contribution in [3.05, 3.63) is 30.1 Å². The van der Waals surface area contributed by atoms with Crippen molar-refractivity contribution in [1.29, 1.82) is 0 Å². The Hall–Kier alpha value is -2.11. The Morgan fingerprint density at radius 1 is 1.27 bits per heavy atom. The number of hydrogen-bond acceptors (Lipinski definition) is 4. The van der Waals surface area contributed by atoms with Gasteiger partial charge in [-0.2, -0.15) is 0 Å². The van der Waals surface area contributed by atoms with E-state index in [1.54, 1.807) is 12.1 Å². The SMILES string of the molecule is COC(=O)C(CC(C)C)NC(=O)CCOc1ccccc1F. The van der Waals surface area contributed by atoms with Crippen LogP contribution in [0.5, 0.6) is 5.75 Å². The Morgan fingerprint density at radius 2 is 1.95 bits per heavy atom. The van der Waals surface area contributed by atoms with Crippen LogP contribution in [0.15, 0.2) is 24.3 Å². The summed E-state index contributed by atoms with van der Waals surface area (Å²) in [5.74, 6) is -0.958. The van der Waals surface area contributed by atoms with Crippen molar-refractivity contribution in [2.75, 3.05) is 13.7 Å². The first-order valence-electron chi connectivity index (χ1n) is 7.18. The summed E-state index contributed by atoms with van der Waals surface area (Å²) in [6.45, 7) is 3.93. The highest BCUT2D eigenvalue weighted by Gasteiger charge is 2.22. The number of hydrogen-bond donors (Lipinski definition) is 1. The van der Waals surface area contributed by atoms with Crippen LogP contribution in [0.1, 0.15) is 26.7 Å². The molecule has 0 bridgehead atoms. The Morgan fingerprint density at radius 3 is 2.55 bits per heavy atom. The number of nitrogens with one attached hydrogen (secondary N) is 1. The maximum absolute atomic E-state index is 13.3. The predicted molar refractivity (Wildman–Crippen MR) is 79.9 cm³/mol. The molecule has 1 rings (SSSR count). The van der Waals surface area contributed by atoms with E-state index >= 15 is 0 Å². The molecule has 1 amide bonds. The van der Waals surface area contributed by atoms with Crippen molar-refractivity contribution in [1.82, 2.24) is 5.32 Å². The summed E-state index contributed by atoms with van der Waals surface area (Å²) in [7, 11) is 1.28. The van der Waals surface area contributed by atoms with Crippen LogP contribution in [0.25, 0.3) is 0 Å². The quantitative estimate of drug-likeness (QED) is 0.748. The lowest BCUT2D eigenvalue weighted by atomic mass is 10.0. The molecule has 122 valence electrons. The van der Waals surface area contributed by atoms with E-state index in [0.29, 0.717) is 6.42 Å². The summed E-state index contributed by atoms with van der Waals surface area (Å²) >= 11 is 0. The first-order chi connectivity index (χ1) is 10.4. The minimum Gasteiger partial charge on any atom is -0.490 e. The van der Waals surface area contributed by atoms with Crippen LogP contribution < -0.4 is 10.1 Å². The average molecular weight is 311 g/mol. The molecule has 0 aliphatic heterocycles. The zero-order valence-corrected chi connectivity index (χ0v) is 13.1. The van der Waals surface area contributed by atoms with E-state index in [1.165, 1.54) is 19.2 Å². The van der Waals surface area contributed by atoms with Crippen LogP contribution in [0.3, 0.4) is 0 Å². The molecule has 1 N–H and O–H groups in total. The maximum Gasteiger partial charge on any atom is 0.328 e. The third-order valence-corrected chi connectivity index (χ3v) is 2.95. The minimum absolute atomic E-state index is 0.0277. The second-order valence-corrected chi connectivity index (χ2v) is 5.30. The van der Waals surface area contributed by atoms with E-state index in [2.05, 4.69) is 10.1 Å². The number of carbonyl (C=O) groups is 2. The molecular formula is C16H22FNO4. The summed E-state index contributed by atoms with van der Waals surface area (Å²) in [5, 5.41) is 2.61. The number of para-hydroxylation sites is 1.